The van der Waals surface area contributed by atoms with Crippen molar-refractivity contribution in [1.29, 1.82) is 0 Å². The number of hydrogen-bond acceptors (Lipinski definition) is 15. The summed E-state index contributed by atoms with van der Waals surface area (Å²) in [6.45, 7) is -2.01. The van der Waals surface area contributed by atoms with Gasteiger partial charge in [0.2, 0.25) is 0 Å². The van der Waals surface area contributed by atoms with E-state index in [-0.39, 0.29) is 35.4 Å². The Hall–Kier alpha value is -4.09. The molecule has 0 aliphatic carbocycles. The zero-order valence-corrected chi connectivity index (χ0v) is 20.3. The highest BCUT2D eigenvalue weighted by molar-refractivity contribution is 5.68. The first-order valence-electron chi connectivity index (χ1n) is 11.4. The zero-order chi connectivity index (χ0) is 29.7. The van der Waals surface area contributed by atoms with E-state index >= 15 is 0 Å². The molecular formula is C19H27N9O12. The van der Waals surface area contributed by atoms with Gasteiger partial charge < -0.3 is 45.4 Å². The SMILES string of the molecule is O=c1[nH]c(=O)c2ncn(C[C@H](O)[C@H](O)[C@H](O)CO)c2[nH]1.O=c1[nH]c(=O)c2nnn(C[C@H](O)[C@H](O)[C@H](O)CO)c2[nH]1. The fraction of sp³-hybridized carbons (Fsp3) is 0.526. The highest BCUT2D eigenvalue weighted by Crippen LogP contribution is 2.08. The average molecular weight is 573 g/mol. The Balaban J connectivity index is 0.000000220. The van der Waals surface area contributed by atoms with Crippen LogP contribution >= 0.6 is 0 Å². The number of rotatable bonds is 10. The smallest absolute Gasteiger partial charge is 0.327 e. The summed E-state index contributed by atoms with van der Waals surface area (Å²) < 4.78 is 2.26. The van der Waals surface area contributed by atoms with E-state index in [0.29, 0.717) is 0 Å². The van der Waals surface area contributed by atoms with E-state index < -0.39 is 72.3 Å². The molecule has 220 valence electrons. The van der Waals surface area contributed by atoms with Crippen molar-refractivity contribution in [3.63, 3.8) is 0 Å². The summed E-state index contributed by atoms with van der Waals surface area (Å²) in [5.41, 5.74) is -2.99. The minimum Gasteiger partial charge on any atom is -0.394 e. The van der Waals surface area contributed by atoms with Gasteiger partial charge in [0, 0.05) is 0 Å². The first-order chi connectivity index (χ1) is 18.9. The maximum absolute atomic E-state index is 11.5. The Morgan fingerprint density at radius 3 is 1.73 bits per heavy atom. The number of H-pyrrole nitrogens is 4. The average Bonchev–Trinajstić information content (AvgIpc) is 3.51. The van der Waals surface area contributed by atoms with Crippen LogP contribution in [0.1, 0.15) is 0 Å². The third kappa shape index (κ3) is 6.72. The number of nitrogens with zero attached hydrogens (tertiary/aromatic N) is 5. The largest absolute Gasteiger partial charge is 0.394 e. The summed E-state index contributed by atoms with van der Waals surface area (Å²) in [6.07, 6.45) is -7.91. The number of imidazole rings is 1. The summed E-state index contributed by atoms with van der Waals surface area (Å²) in [6, 6.07) is 0. The lowest BCUT2D eigenvalue weighted by Crippen LogP contribution is -2.41. The standard InChI is InChI=1S/C10H14N4O6.C9H13N5O6/c15-2-5(17)7(18)4(16)1-14-3-11-6-8(14)12-10(20)13-9(6)19;15-2-4(17)6(18)3(16)1-14-7-5(12-13-14)8(19)11-9(20)10-7/h3-5,7,15-18H,1-2H2,(H2,12,13,19,20);3-4,6,15-18H,1-2H2,(H2,10,11,19,20)/t4-,5+,7-;3-,4+,6-/m00/s1. The van der Waals surface area contributed by atoms with Crippen LogP contribution in [0.2, 0.25) is 0 Å². The number of aliphatic hydroxyl groups is 8. The van der Waals surface area contributed by atoms with Gasteiger partial charge in [-0.05, 0) is 0 Å². The van der Waals surface area contributed by atoms with Crippen molar-refractivity contribution >= 4 is 22.3 Å². The van der Waals surface area contributed by atoms with Crippen LogP contribution < -0.4 is 22.5 Å². The van der Waals surface area contributed by atoms with Crippen LogP contribution in [0, 0.1) is 0 Å². The number of aromatic amines is 4. The minimum absolute atomic E-state index is 0.0194. The van der Waals surface area contributed by atoms with Crippen molar-refractivity contribution in [2.24, 2.45) is 0 Å². The normalized spacial score (nSPS) is 16.2. The summed E-state index contributed by atoms with van der Waals surface area (Å²) in [4.78, 5) is 57.6. The molecule has 21 heteroatoms. The van der Waals surface area contributed by atoms with Crippen LogP contribution in [0.15, 0.2) is 25.5 Å². The summed E-state index contributed by atoms with van der Waals surface area (Å²) in [5.74, 6) is 0. The summed E-state index contributed by atoms with van der Waals surface area (Å²) in [7, 11) is 0. The number of nitrogens with one attached hydrogen (secondary N) is 4. The molecule has 0 spiro atoms. The topological polar surface area (TPSA) is 342 Å². The quantitative estimate of drug-likeness (QED) is 0.0838. The number of aliphatic hydroxyl groups excluding tert-OH is 8. The molecule has 0 bridgehead atoms. The Bertz CT molecular complexity index is 1530. The Kier molecular flexibility index (Phi) is 9.78. The summed E-state index contributed by atoms with van der Waals surface area (Å²) >= 11 is 0. The first kappa shape index (κ1) is 30.5. The van der Waals surface area contributed by atoms with E-state index in [1.807, 2.05) is 9.97 Å². The molecule has 0 saturated heterocycles. The van der Waals surface area contributed by atoms with Crippen LogP contribution in [-0.4, -0.2) is 135 Å². The van der Waals surface area contributed by atoms with Gasteiger partial charge in [0.1, 0.15) is 42.3 Å². The predicted octanol–water partition coefficient (Wildman–Crippen LogP) is -7.63. The molecule has 6 atom stereocenters. The van der Waals surface area contributed by atoms with Gasteiger partial charge in [-0.15, -0.1) is 5.10 Å². The van der Waals surface area contributed by atoms with E-state index in [0.717, 1.165) is 4.68 Å². The van der Waals surface area contributed by atoms with E-state index in [4.69, 9.17) is 10.2 Å². The molecule has 40 heavy (non-hydrogen) atoms. The molecule has 0 aliphatic heterocycles. The Morgan fingerprint density at radius 1 is 0.675 bits per heavy atom. The van der Waals surface area contributed by atoms with Crippen molar-refractivity contribution in [2.45, 2.75) is 49.7 Å². The maximum atomic E-state index is 11.5. The van der Waals surface area contributed by atoms with E-state index in [9.17, 15) is 49.8 Å². The maximum Gasteiger partial charge on any atom is 0.327 e. The van der Waals surface area contributed by atoms with Gasteiger partial charge in [-0.1, -0.05) is 5.21 Å². The van der Waals surface area contributed by atoms with E-state index in [1.54, 1.807) is 0 Å². The molecule has 0 radical (unpaired) electrons. The van der Waals surface area contributed by atoms with Crippen LogP contribution in [0.3, 0.4) is 0 Å². The fourth-order valence-corrected chi connectivity index (χ4v) is 3.46. The molecule has 0 unspecified atom stereocenters. The fourth-order valence-electron chi connectivity index (χ4n) is 3.46. The van der Waals surface area contributed by atoms with Crippen LogP contribution in [0.25, 0.3) is 22.3 Å². The summed E-state index contributed by atoms with van der Waals surface area (Å²) in [5, 5.41) is 81.4. The van der Waals surface area contributed by atoms with E-state index in [2.05, 4.69) is 25.3 Å². The molecule has 0 fully saturated rings. The van der Waals surface area contributed by atoms with Crippen LogP contribution in [-0.2, 0) is 13.1 Å². The van der Waals surface area contributed by atoms with Crippen molar-refractivity contribution in [2.75, 3.05) is 13.2 Å². The number of hydrogen-bond donors (Lipinski definition) is 12. The molecule has 0 aliphatic rings. The molecule has 4 rings (SSSR count). The minimum atomic E-state index is -1.62. The number of fused-ring (bicyclic) bond motifs is 2. The van der Waals surface area contributed by atoms with Gasteiger partial charge in [-0.25, -0.2) is 19.3 Å². The van der Waals surface area contributed by atoms with Gasteiger partial charge >= 0.3 is 11.4 Å². The molecule has 4 aromatic heterocycles. The monoisotopic (exact) mass is 573 g/mol. The van der Waals surface area contributed by atoms with Gasteiger partial charge in [0.05, 0.1) is 32.6 Å². The van der Waals surface area contributed by atoms with E-state index in [1.165, 1.54) is 10.9 Å². The lowest BCUT2D eigenvalue weighted by Gasteiger charge is -2.21. The van der Waals surface area contributed by atoms with Crippen LogP contribution in [0.4, 0.5) is 0 Å². The molecule has 4 aromatic rings. The molecule has 12 N–H and O–H groups in total. The molecule has 21 nitrogen and oxygen atoms in total. The second kappa shape index (κ2) is 12.8. The predicted molar refractivity (Wildman–Crippen MR) is 130 cm³/mol. The third-order valence-corrected chi connectivity index (χ3v) is 5.62. The first-order valence-corrected chi connectivity index (χ1v) is 11.4. The Labute approximate surface area is 219 Å². The molecule has 4 heterocycles. The van der Waals surface area contributed by atoms with Crippen molar-refractivity contribution in [3.05, 3.63) is 48.0 Å². The second-order valence-corrected chi connectivity index (χ2v) is 8.50. The zero-order valence-electron chi connectivity index (χ0n) is 20.3. The van der Waals surface area contributed by atoms with Crippen molar-refractivity contribution in [1.82, 2.24) is 44.5 Å². The highest BCUT2D eigenvalue weighted by atomic mass is 16.4. The molecular weight excluding hydrogens is 546 g/mol. The Morgan fingerprint density at radius 2 is 1.18 bits per heavy atom. The lowest BCUT2D eigenvalue weighted by molar-refractivity contribution is -0.0812. The van der Waals surface area contributed by atoms with Crippen molar-refractivity contribution < 1.29 is 40.9 Å². The van der Waals surface area contributed by atoms with Crippen LogP contribution in [0.5, 0.6) is 0 Å². The van der Waals surface area contributed by atoms with Gasteiger partial charge in [-0.3, -0.25) is 29.5 Å². The number of aromatic nitrogens is 9. The molecule has 0 aromatic carbocycles. The molecule has 0 amide bonds. The van der Waals surface area contributed by atoms with Crippen molar-refractivity contribution in [3.8, 4) is 0 Å². The van der Waals surface area contributed by atoms with Gasteiger partial charge in [-0.2, -0.15) is 0 Å². The molecule has 0 saturated carbocycles. The lowest BCUT2D eigenvalue weighted by atomic mass is 10.1. The third-order valence-electron chi connectivity index (χ3n) is 5.62. The highest BCUT2D eigenvalue weighted by Gasteiger charge is 2.26. The second-order valence-electron chi connectivity index (χ2n) is 8.50. The van der Waals surface area contributed by atoms with Gasteiger partial charge in [0.15, 0.2) is 16.7 Å². The van der Waals surface area contributed by atoms with Gasteiger partial charge in [0.25, 0.3) is 11.1 Å².